The highest BCUT2D eigenvalue weighted by molar-refractivity contribution is 5.92. The van der Waals surface area contributed by atoms with Gasteiger partial charge in [-0.25, -0.2) is 9.59 Å². The smallest absolute Gasteiger partial charge is 0.343 e. The quantitative estimate of drug-likeness (QED) is 0.0911. The highest BCUT2D eigenvalue weighted by atomic mass is 16.5. The Hall–Kier alpha value is -3.93. The Kier molecular flexibility index (Phi) is 13.8. The standard InChI is InChI=1S/C36H44O6/c1-4-6-8-10-12-14-34(37)41-32-23-19-29(20-24-32)28-15-17-30(18-16-28)36(39)42-33-25-21-31(22-26-33)35(38)40-27(3)13-11-9-7-5-2/h15-27H,4-14H2,1-3H3. The average Bonchev–Trinajstić information content (AvgIpc) is 3.00. The molecule has 0 spiro atoms. The van der Waals surface area contributed by atoms with E-state index in [0.717, 1.165) is 49.7 Å². The molecule has 0 saturated heterocycles. The summed E-state index contributed by atoms with van der Waals surface area (Å²) < 4.78 is 16.5. The van der Waals surface area contributed by atoms with Crippen LogP contribution in [0.4, 0.5) is 0 Å². The van der Waals surface area contributed by atoms with E-state index in [1.54, 1.807) is 48.5 Å². The highest BCUT2D eigenvalue weighted by Gasteiger charge is 2.14. The molecule has 0 radical (unpaired) electrons. The first-order valence-electron chi connectivity index (χ1n) is 15.3. The van der Waals surface area contributed by atoms with Crippen LogP contribution in [0.15, 0.2) is 72.8 Å². The zero-order chi connectivity index (χ0) is 30.2. The molecule has 3 rings (SSSR count). The molecule has 0 fully saturated rings. The van der Waals surface area contributed by atoms with E-state index in [1.165, 1.54) is 25.7 Å². The number of ether oxygens (including phenoxy) is 3. The van der Waals surface area contributed by atoms with Crippen molar-refractivity contribution in [3.05, 3.63) is 83.9 Å². The number of hydrogen-bond acceptors (Lipinski definition) is 6. The van der Waals surface area contributed by atoms with Gasteiger partial charge in [0.1, 0.15) is 11.5 Å². The van der Waals surface area contributed by atoms with Crippen molar-refractivity contribution in [1.29, 1.82) is 0 Å². The Balaban J connectivity index is 1.47. The lowest BCUT2D eigenvalue weighted by molar-refractivity contribution is -0.134. The van der Waals surface area contributed by atoms with Crippen molar-refractivity contribution in [3.8, 4) is 22.6 Å². The van der Waals surface area contributed by atoms with E-state index in [2.05, 4.69) is 13.8 Å². The monoisotopic (exact) mass is 572 g/mol. The Bertz CT molecular complexity index is 1250. The minimum Gasteiger partial charge on any atom is -0.459 e. The van der Waals surface area contributed by atoms with Gasteiger partial charge in [-0.05, 0) is 85.8 Å². The van der Waals surface area contributed by atoms with Gasteiger partial charge in [-0.1, -0.05) is 83.1 Å². The molecule has 224 valence electrons. The van der Waals surface area contributed by atoms with Gasteiger partial charge in [0, 0.05) is 6.42 Å². The van der Waals surface area contributed by atoms with E-state index in [0.29, 0.717) is 29.0 Å². The van der Waals surface area contributed by atoms with Gasteiger partial charge < -0.3 is 14.2 Å². The summed E-state index contributed by atoms with van der Waals surface area (Å²) in [5.41, 5.74) is 2.68. The molecule has 0 saturated carbocycles. The maximum absolute atomic E-state index is 12.7. The lowest BCUT2D eigenvalue weighted by Gasteiger charge is -2.13. The molecular formula is C36H44O6. The summed E-state index contributed by atoms with van der Waals surface area (Å²) in [6.45, 7) is 6.25. The van der Waals surface area contributed by atoms with Crippen LogP contribution in [-0.2, 0) is 9.53 Å². The predicted molar refractivity (Wildman–Crippen MR) is 166 cm³/mol. The largest absolute Gasteiger partial charge is 0.459 e. The molecule has 6 heteroatoms. The third-order valence-electron chi connectivity index (χ3n) is 7.10. The third kappa shape index (κ3) is 11.2. The number of esters is 3. The van der Waals surface area contributed by atoms with Gasteiger partial charge in [0.25, 0.3) is 0 Å². The second kappa shape index (κ2) is 17.8. The highest BCUT2D eigenvalue weighted by Crippen LogP contribution is 2.24. The molecule has 0 amide bonds. The Morgan fingerprint density at radius 3 is 1.67 bits per heavy atom. The summed E-state index contributed by atoms with van der Waals surface area (Å²) in [5.74, 6) is -0.211. The first-order chi connectivity index (χ1) is 20.4. The van der Waals surface area contributed by atoms with E-state index in [4.69, 9.17) is 14.2 Å². The fraction of sp³-hybridized carbons (Fsp3) is 0.417. The molecule has 0 aliphatic rings. The molecular weight excluding hydrogens is 528 g/mol. The predicted octanol–water partition coefficient (Wildman–Crippen LogP) is 9.35. The van der Waals surface area contributed by atoms with Crippen molar-refractivity contribution in [2.75, 3.05) is 0 Å². The molecule has 0 heterocycles. The molecule has 0 N–H and O–H groups in total. The van der Waals surface area contributed by atoms with Crippen LogP contribution < -0.4 is 9.47 Å². The van der Waals surface area contributed by atoms with Gasteiger partial charge in [0.15, 0.2) is 0 Å². The molecule has 0 aromatic heterocycles. The van der Waals surface area contributed by atoms with Crippen molar-refractivity contribution in [3.63, 3.8) is 0 Å². The van der Waals surface area contributed by atoms with Crippen molar-refractivity contribution in [1.82, 2.24) is 0 Å². The molecule has 3 aromatic carbocycles. The summed E-state index contributed by atoms with van der Waals surface area (Å²) in [7, 11) is 0. The van der Waals surface area contributed by atoms with E-state index in [9.17, 15) is 14.4 Å². The maximum Gasteiger partial charge on any atom is 0.343 e. The van der Waals surface area contributed by atoms with Crippen LogP contribution in [0.2, 0.25) is 0 Å². The van der Waals surface area contributed by atoms with Gasteiger partial charge in [0.2, 0.25) is 0 Å². The molecule has 0 aliphatic heterocycles. The van der Waals surface area contributed by atoms with Gasteiger partial charge in [0.05, 0.1) is 17.2 Å². The molecule has 42 heavy (non-hydrogen) atoms. The van der Waals surface area contributed by atoms with Gasteiger partial charge >= 0.3 is 17.9 Å². The normalized spacial score (nSPS) is 11.5. The van der Waals surface area contributed by atoms with Crippen LogP contribution in [-0.4, -0.2) is 24.0 Å². The summed E-state index contributed by atoms with van der Waals surface area (Å²) >= 11 is 0. The first kappa shape index (κ1) is 32.6. The van der Waals surface area contributed by atoms with Crippen molar-refractivity contribution < 1.29 is 28.6 Å². The maximum atomic E-state index is 12.7. The number of hydrogen-bond donors (Lipinski definition) is 0. The van der Waals surface area contributed by atoms with Crippen LogP contribution in [0.5, 0.6) is 11.5 Å². The van der Waals surface area contributed by atoms with Crippen molar-refractivity contribution >= 4 is 17.9 Å². The number of unbranched alkanes of at least 4 members (excludes halogenated alkanes) is 7. The Labute approximate surface area is 250 Å². The topological polar surface area (TPSA) is 78.9 Å². The zero-order valence-corrected chi connectivity index (χ0v) is 25.2. The summed E-state index contributed by atoms with van der Waals surface area (Å²) in [4.78, 5) is 37.2. The Morgan fingerprint density at radius 1 is 0.571 bits per heavy atom. The van der Waals surface area contributed by atoms with Gasteiger partial charge in [-0.3, -0.25) is 4.79 Å². The van der Waals surface area contributed by atoms with Gasteiger partial charge in [-0.15, -0.1) is 0 Å². The SMILES string of the molecule is CCCCCCCC(=O)Oc1ccc(-c2ccc(C(=O)Oc3ccc(C(=O)OC(C)CCCCCC)cc3)cc2)cc1. The molecule has 0 bridgehead atoms. The molecule has 1 unspecified atom stereocenters. The Morgan fingerprint density at radius 2 is 1.05 bits per heavy atom. The summed E-state index contributed by atoms with van der Waals surface area (Å²) in [6.07, 6.45) is 11.1. The van der Waals surface area contributed by atoms with Crippen LogP contribution in [0.3, 0.4) is 0 Å². The van der Waals surface area contributed by atoms with E-state index < -0.39 is 5.97 Å². The minimum absolute atomic E-state index is 0.139. The van der Waals surface area contributed by atoms with E-state index in [1.807, 2.05) is 31.2 Å². The van der Waals surface area contributed by atoms with Crippen molar-refractivity contribution in [2.24, 2.45) is 0 Å². The molecule has 3 aromatic rings. The van der Waals surface area contributed by atoms with Crippen LogP contribution >= 0.6 is 0 Å². The fourth-order valence-electron chi connectivity index (χ4n) is 4.56. The molecule has 6 nitrogen and oxygen atoms in total. The molecule has 1 atom stereocenters. The minimum atomic E-state index is -0.491. The second-order valence-corrected chi connectivity index (χ2v) is 10.7. The van der Waals surface area contributed by atoms with E-state index in [-0.39, 0.29) is 18.0 Å². The molecule has 0 aliphatic carbocycles. The third-order valence-corrected chi connectivity index (χ3v) is 7.10. The van der Waals surface area contributed by atoms with Crippen LogP contribution in [0.1, 0.15) is 112 Å². The average molecular weight is 573 g/mol. The summed E-state index contributed by atoms with van der Waals surface area (Å²) in [5, 5.41) is 0. The number of benzene rings is 3. The van der Waals surface area contributed by atoms with Crippen LogP contribution in [0.25, 0.3) is 11.1 Å². The number of rotatable bonds is 17. The number of carbonyl (C=O) groups is 3. The fourth-order valence-corrected chi connectivity index (χ4v) is 4.56. The van der Waals surface area contributed by atoms with Gasteiger partial charge in [-0.2, -0.15) is 0 Å². The lowest BCUT2D eigenvalue weighted by atomic mass is 10.0. The lowest BCUT2D eigenvalue weighted by Crippen LogP contribution is -2.15. The number of carbonyl (C=O) groups excluding carboxylic acids is 3. The van der Waals surface area contributed by atoms with E-state index >= 15 is 0 Å². The second-order valence-electron chi connectivity index (χ2n) is 10.7. The van der Waals surface area contributed by atoms with Crippen molar-refractivity contribution in [2.45, 2.75) is 97.5 Å². The zero-order valence-electron chi connectivity index (χ0n) is 25.2. The van der Waals surface area contributed by atoms with Crippen LogP contribution in [0, 0.1) is 0 Å². The first-order valence-corrected chi connectivity index (χ1v) is 15.3. The summed E-state index contributed by atoms with van der Waals surface area (Å²) in [6, 6.07) is 20.8.